The zero-order valence-electron chi connectivity index (χ0n) is 23.4. The van der Waals surface area contributed by atoms with Gasteiger partial charge in [-0.1, -0.05) is 50.9 Å². The number of ether oxygens (including phenoxy) is 3. The van der Waals surface area contributed by atoms with Crippen molar-refractivity contribution in [1.82, 2.24) is 19.1 Å². The van der Waals surface area contributed by atoms with Gasteiger partial charge in [0.15, 0.2) is 5.75 Å². The summed E-state index contributed by atoms with van der Waals surface area (Å²) in [4.78, 5) is 9.05. The van der Waals surface area contributed by atoms with Gasteiger partial charge in [-0.3, -0.25) is 0 Å². The first kappa shape index (κ1) is 28.8. The summed E-state index contributed by atoms with van der Waals surface area (Å²) in [6.45, 7) is 15.7. The monoisotopic (exact) mass is 576 g/mol. The van der Waals surface area contributed by atoms with Crippen LogP contribution in [-0.2, 0) is 22.9 Å². The number of halogens is 2. The Bertz CT molecular complexity index is 1430. The molecule has 4 rings (SSSR count). The minimum atomic E-state index is -1.21. The average Bonchev–Trinajstić information content (AvgIpc) is 3.40. The van der Waals surface area contributed by atoms with Crippen molar-refractivity contribution in [3.8, 4) is 16.9 Å². The number of aromatic nitrogens is 4. The molecule has 0 amide bonds. The number of hydrogen-bond donors (Lipinski definition) is 0. The molecule has 4 aromatic rings. The van der Waals surface area contributed by atoms with E-state index in [9.17, 15) is 0 Å². The van der Waals surface area contributed by atoms with E-state index in [1.165, 1.54) is 6.07 Å². The predicted octanol–water partition coefficient (Wildman–Crippen LogP) is 7.48. The molecule has 38 heavy (non-hydrogen) atoms. The Kier molecular flexibility index (Phi) is 8.68. The molecular weight excluding hydrogens is 539 g/mol. The number of imidazole rings is 1. The molecule has 0 spiro atoms. The topological polar surface area (TPSA) is 63.3 Å². The van der Waals surface area contributed by atoms with Gasteiger partial charge in [-0.2, -0.15) is 0 Å². The maximum Gasteiger partial charge on any atom is 0.154 e. The maximum atomic E-state index is 15.6. The standard InChI is InChI=1S/C27H38ClFN4O3Si2/c1-34-26-20(14-22(29)25-24(26)30-16-33(25)18-36-11-13-38(5,6)7)21-15-32(17-35-10-12-37(2,3)4)27-19(21)8-9-23(28)31-27/h8-9,14-16H,10-13,17-18H2,1-7H3. The fraction of sp³-hybridized carbons (Fsp3) is 0.481. The predicted molar refractivity (Wildman–Crippen MR) is 158 cm³/mol. The highest BCUT2D eigenvalue weighted by Gasteiger charge is 2.23. The van der Waals surface area contributed by atoms with E-state index in [-0.39, 0.29) is 6.73 Å². The van der Waals surface area contributed by atoms with Crippen molar-refractivity contribution in [2.75, 3.05) is 20.3 Å². The number of fused-ring (bicyclic) bond motifs is 2. The number of pyridine rings is 1. The number of benzene rings is 1. The molecule has 1 aromatic carbocycles. The van der Waals surface area contributed by atoms with Crippen LogP contribution >= 0.6 is 11.6 Å². The molecule has 0 saturated heterocycles. The van der Waals surface area contributed by atoms with Crippen LogP contribution in [-0.4, -0.2) is 55.6 Å². The SMILES string of the molecule is COc1c(-c2cn(COCC[Si](C)(C)C)c3nc(Cl)ccc23)cc(F)c2c1ncn2COCC[Si](C)(C)C. The van der Waals surface area contributed by atoms with Gasteiger partial charge in [-0.05, 0) is 30.3 Å². The lowest BCUT2D eigenvalue weighted by Crippen LogP contribution is -2.22. The number of nitrogens with zero attached hydrogens (tertiary/aromatic N) is 4. The van der Waals surface area contributed by atoms with Crippen LogP contribution in [0.25, 0.3) is 33.2 Å². The molecule has 0 unspecified atom stereocenters. The van der Waals surface area contributed by atoms with Gasteiger partial charge in [-0.25, -0.2) is 14.4 Å². The van der Waals surface area contributed by atoms with Gasteiger partial charge in [0.1, 0.15) is 41.1 Å². The van der Waals surface area contributed by atoms with Crippen LogP contribution < -0.4 is 4.74 Å². The van der Waals surface area contributed by atoms with Crippen LogP contribution in [0.4, 0.5) is 4.39 Å². The minimum absolute atomic E-state index is 0.233. The van der Waals surface area contributed by atoms with E-state index in [1.807, 2.05) is 16.8 Å². The molecule has 3 heterocycles. The summed E-state index contributed by atoms with van der Waals surface area (Å²) < 4.78 is 36.9. The van der Waals surface area contributed by atoms with Crippen LogP contribution in [0.3, 0.4) is 0 Å². The third-order valence-electron chi connectivity index (χ3n) is 6.43. The Hall–Kier alpha value is -2.25. The van der Waals surface area contributed by atoms with Crippen LogP contribution in [0.2, 0.25) is 56.5 Å². The lowest BCUT2D eigenvalue weighted by atomic mass is 10.0. The maximum absolute atomic E-state index is 15.6. The molecule has 0 aliphatic carbocycles. The molecule has 0 fully saturated rings. The van der Waals surface area contributed by atoms with Gasteiger partial charge in [0.25, 0.3) is 0 Å². The van der Waals surface area contributed by atoms with E-state index in [1.54, 1.807) is 24.1 Å². The summed E-state index contributed by atoms with van der Waals surface area (Å²) in [6, 6.07) is 7.23. The summed E-state index contributed by atoms with van der Waals surface area (Å²) in [7, 11) is -0.850. The van der Waals surface area contributed by atoms with E-state index in [0.717, 1.165) is 23.0 Å². The molecule has 7 nitrogen and oxygen atoms in total. The first-order valence-electron chi connectivity index (χ1n) is 12.9. The van der Waals surface area contributed by atoms with E-state index in [0.29, 0.717) is 53.1 Å². The van der Waals surface area contributed by atoms with Crippen LogP contribution in [0, 0.1) is 5.82 Å². The Morgan fingerprint density at radius 1 is 0.921 bits per heavy atom. The highest BCUT2D eigenvalue weighted by atomic mass is 35.5. The number of hydrogen-bond acceptors (Lipinski definition) is 5. The first-order chi connectivity index (χ1) is 17.9. The molecule has 0 N–H and O–H groups in total. The third kappa shape index (κ3) is 6.66. The van der Waals surface area contributed by atoms with Gasteiger partial charge in [-0.15, -0.1) is 0 Å². The first-order valence-corrected chi connectivity index (χ1v) is 20.7. The van der Waals surface area contributed by atoms with Gasteiger partial charge in [0, 0.05) is 52.1 Å². The van der Waals surface area contributed by atoms with Gasteiger partial charge >= 0.3 is 0 Å². The van der Waals surface area contributed by atoms with Crippen molar-refractivity contribution in [3.05, 3.63) is 41.7 Å². The van der Waals surface area contributed by atoms with Crippen molar-refractivity contribution < 1.29 is 18.6 Å². The quantitative estimate of drug-likeness (QED) is 0.0993. The zero-order valence-corrected chi connectivity index (χ0v) is 26.2. The van der Waals surface area contributed by atoms with E-state index < -0.39 is 22.0 Å². The Labute approximate surface area is 230 Å². The van der Waals surface area contributed by atoms with Crippen molar-refractivity contribution in [3.63, 3.8) is 0 Å². The van der Waals surface area contributed by atoms with Crippen molar-refractivity contribution >= 4 is 49.8 Å². The number of methoxy groups -OCH3 is 1. The second-order valence-electron chi connectivity index (χ2n) is 12.1. The highest BCUT2D eigenvalue weighted by molar-refractivity contribution is 6.76. The van der Waals surface area contributed by atoms with E-state index in [4.69, 9.17) is 25.8 Å². The molecule has 11 heteroatoms. The second-order valence-corrected chi connectivity index (χ2v) is 23.7. The molecule has 3 aromatic heterocycles. The molecule has 0 radical (unpaired) electrons. The van der Waals surface area contributed by atoms with E-state index in [2.05, 4.69) is 49.3 Å². The lowest BCUT2D eigenvalue weighted by molar-refractivity contribution is 0.0895. The van der Waals surface area contributed by atoms with Crippen molar-refractivity contribution in [1.29, 1.82) is 0 Å². The summed E-state index contributed by atoms with van der Waals surface area (Å²) in [5.74, 6) is 0.104. The van der Waals surface area contributed by atoms with Crippen LogP contribution in [0.5, 0.6) is 5.75 Å². The third-order valence-corrected chi connectivity index (χ3v) is 10.0. The smallest absolute Gasteiger partial charge is 0.154 e. The molecular formula is C27H38ClFN4O3Si2. The fourth-order valence-corrected chi connectivity index (χ4v) is 5.88. The summed E-state index contributed by atoms with van der Waals surface area (Å²) in [5, 5.41) is 1.21. The summed E-state index contributed by atoms with van der Waals surface area (Å²) in [6.07, 6.45) is 3.52. The Morgan fingerprint density at radius 2 is 1.55 bits per heavy atom. The van der Waals surface area contributed by atoms with Crippen molar-refractivity contribution in [2.45, 2.75) is 64.8 Å². The van der Waals surface area contributed by atoms with Crippen LogP contribution in [0.15, 0.2) is 30.7 Å². The molecule has 0 bridgehead atoms. The minimum Gasteiger partial charge on any atom is -0.494 e. The molecule has 206 valence electrons. The molecule has 0 atom stereocenters. The number of rotatable bonds is 12. The summed E-state index contributed by atoms with van der Waals surface area (Å²) in [5.41, 5.74) is 2.85. The Balaban J connectivity index is 1.69. The normalized spacial score (nSPS) is 12.7. The second kappa shape index (κ2) is 11.5. The fourth-order valence-electron chi connectivity index (χ4n) is 4.23. The largest absolute Gasteiger partial charge is 0.494 e. The molecule has 0 aliphatic rings. The van der Waals surface area contributed by atoms with Gasteiger partial charge in [0.05, 0.1) is 13.4 Å². The lowest BCUT2D eigenvalue weighted by Gasteiger charge is -2.16. The van der Waals surface area contributed by atoms with E-state index >= 15 is 4.39 Å². The van der Waals surface area contributed by atoms with Crippen LogP contribution in [0.1, 0.15) is 0 Å². The van der Waals surface area contributed by atoms with Gasteiger partial charge < -0.3 is 23.3 Å². The van der Waals surface area contributed by atoms with Crippen molar-refractivity contribution in [2.24, 2.45) is 0 Å². The zero-order chi connectivity index (χ0) is 27.7. The highest BCUT2D eigenvalue weighted by Crippen LogP contribution is 2.41. The average molecular weight is 577 g/mol. The Morgan fingerprint density at radius 3 is 2.16 bits per heavy atom. The molecule has 0 aliphatic heterocycles. The molecule has 0 saturated carbocycles. The summed E-state index contributed by atoms with van der Waals surface area (Å²) >= 11 is 6.24. The van der Waals surface area contributed by atoms with Gasteiger partial charge in [0.2, 0.25) is 0 Å².